The summed E-state index contributed by atoms with van der Waals surface area (Å²) in [7, 11) is 0. The van der Waals surface area contributed by atoms with Crippen molar-refractivity contribution in [3.63, 3.8) is 0 Å². The highest BCUT2D eigenvalue weighted by atomic mass is 19.4. The summed E-state index contributed by atoms with van der Waals surface area (Å²) in [6.07, 6.45) is -1.88. The Bertz CT molecular complexity index is 658. The minimum absolute atomic E-state index is 0.613. The molecule has 1 N–H and O–H groups in total. The number of aromatic amines is 1. The molecule has 0 unspecified atom stereocenters. The number of nitrogens with one attached hydrogen (secondary N) is 1. The maximum atomic E-state index is 11.6. The first-order chi connectivity index (χ1) is 9.98. The Kier molecular flexibility index (Phi) is 4.32. The summed E-state index contributed by atoms with van der Waals surface area (Å²) in [6.45, 7) is 0. The molecule has 0 amide bonds. The number of hydrogen-bond donors (Lipinski definition) is 1. The topological polar surface area (TPSA) is 58.6 Å². The first-order valence-corrected chi connectivity index (χ1v) is 5.89. The Balaban J connectivity index is 0.000000154. The largest absolute Gasteiger partial charge is 0.456 e. The van der Waals surface area contributed by atoms with Crippen molar-refractivity contribution in [3.8, 4) is 0 Å². The smallest absolute Gasteiger partial charge is 0.285 e. The number of nitrogens with zero attached hydrogens (tertiary/aromatic N) is 2. The Hall–Kier alpha value is -2.70. The molecule has 21 heavy (non-hydrogen) atoms. The van der Waals surface area contributed by atoms with E-state index >= 15 is 0 Å². The second kappa shape index (κ2) is 6.17. The van der Waals surface area contributed by atoms with Crippen molar-refractivity contribution >= 4 is 16.7 Å². The molecule has 0 saturated carbocycles. The van der Waals surface area contributed by atoms with Gasteiger partial charge in [0.1, 0.15) is 5.69 Å². The van der Waals surface area contributed by atoms with Crippen molar-refractivity contribution in [2.45, 2.75) is 6.18 Å². The zero-order valence-corrected chi connectivity index (χ0v) is 10.6. The third-order valence-electron chi connectivity index (χ3n) is 2.50. The van der Waals surface area contributed by atoms with Gasteiger partial charge in [-0.15, -0.1) is 0 Å². The number of fused-ring (bicyclic) bond motifs is 1. The lowest BCUT2D eigenvalue weighted by Crippen LogP contribution is -2.22. The van der Waals surface area contributed by atoms with Gasteiger partial charge in [0, 0.05) is 17.8 Å². The number of Topliss-reactive ketones (excluding diaryl/α,β-unsaturated/α-hetero) is 1. The Morgan fingerprint density at radius 1 is 1.05 bits per heavy atom. The van der Waals surface area contributed by atoms with E-state index in [-0.39, 0.29) is 0 Å². The second-order valence-corrected chi connectivity index (χ2v) is 3.98. The number of alkyl halides is 3. The van der Waals surface area contributed by atoms with E-state index < -0.39 is 17.7 Å². The van der Waals surface area contributed by atoms with Gasteiger partial charge in [0.25, 0.3) is 5.78 Å². The minimum Gasteiger partial charge on any atom is -0.285 e. The van der Waals surface area contributed by atoms with E-state index in [1.165, 1.54) is 5.39 Å². The maximum Gasteiger partial charge on any atom is 0.456 e. The van der Waals surface area contributed by atoms with Gasteiger partial charge in [0.2, 0.25) is 0 Å². The highest BCUT2D eigenvalue weighted by molar-refractivity contribution is 5.98. The Morgan fingerprint density at radius 2 is 1.76 bits per heavy atom. The number of halogens is 3. The van der Waals surface area contributed by atoms with Crippen LogP contribution in [0.25, 0.3) is 10.9 Å². The SMILES string of the molecule is O=C(c1cc[nH]n1)C(F)(F)F.c1ccc2ncccc2c1. The lowest BCUT2D eigenvalue weighted by Gasteiger charge is -1.99. The third-order valence-corrected chi connectivity index (χ3v) is 2.50. The van der Waals surface area contributed by atoms with Crippen molar-refractivity contribution in [3.05, 3.63) is 60.6 Å². The van der Waals surface area contributed by atoms with Crippen LogP contribution in [0, 0.1) is 0 Å². The number of hydrogen-bond acceptors (Lipinski definition) is 3. The number of benzene rings is 1. The van der Waals surface area contributed by atoms with Gasteiger partial charge in [-0.3, -0.25) is 14.9 Å². The zero-order chi connectivity index (χ0) is 15.3. The molecular weight excluding hydrogens is 283 g/mol. The summed E-state index contributed by atoms with van der Waals surface area (Å²) >= 11 is 0. The number of rotatable bonds is 1. The molecular formula is C14H10F3N3O. The summed E-state index contributed by atoms with van der Waals surface area (Å²) in [4.78, 5) is 14.5. The fourth-order valence-electron chi connectivity index (χ4n) is 1.55. The number of aromatic nitrogens is 3. The molecule has 0 aliphatic carbocycles. The van der Waals surface area contributed by atoms with E-state index in [4.69, 9.17) is 0 Å². The number of ketones is 1. The average molecular weight is 293 g/mol. The molecule has 1 aromatic carbocycles. The van der Waals surface area contributed by atoms with Gasteiger partial charge in [0.05, 0.1) is 5.52 Å². The van der Waals surface area contributed by atoms with Gasteiger partial charge in [-0.2, -0.15) is 18.3 Å². The maximum absolute atomic E-state index is 11.6. The van der Waals surface area contributed by atoms with Crippen LogP contribution in [-0.4, -0.2) is 27.1 Å². The van der Waals surface area contributed by atoms with Crippen LogP contribution in [0.2, 0.25) is 0 Å². The third kappa shape index (κ3) is 3.88. The van der Waals surface area contributed by atoms with Crippen LogP contribution in [0.4, 0.5) is 13.2 Å². The Morgan fingerprint density at radius 3 is 2.38 bits per heavy atom. The molecule has 108 valence electrons. The molecule has 0 fully saturated rings. The minimum atomic E-state index is -4.84. The van der Waals surface area contributed by atoms with Gasteiger partial charge < -0.3 is 0 Å². The van der Waals surface area contributed by atoms with Crippen molar-refractivity contribution in [2.24, 2.45) is 0 Å². The van der Waals surface area contributed by atoms with Crippen LogP contribution in [0.15, 0.2) is 54.9 Å². The Labute approximate surface area is 117 Å². The molecule has 3 rings (SSSR count). The summed E-state index contributed by atoms with van der Waals surface area (Å²) in [5, 5.41) is 6.40. The van der Waals surface area contributed by atoms with Gasteiger partial charge in [0.15, 0.2) is 0 Å². The van der Waals surface area contributed by atoms with Crippen LogP contribution < -0.4 is 0 Å². The first-order valence-electron chi connectivity index (χ1n) is 5.89. The summed E-state index contributed by atoms with van der Waals surface area (Å²) < 4.78 is 34.8. The normalized spacial score (nSPS) is 10.8. The van der Waals surface area contributed by atoms with E-state index in [0.717, 1.165) is 17.8 Å². The van der Waals surface area contributed by atoms with Gasteiger partial charge in [-0.05, 0) is 18.2 Å². The highest BCUT2D eigenvalue weighted by Gasteiger charge is 2.40. The molecule has 0 bridgehead atoms. The van der Waals surface area contributed by atoms with Crippen molar-refractivity contribution < 1.29 is 18.0 Å². The molecule has 0 saturated heterocycles. The van der Waals surface area contributed by atoms with E-state index in [0.29, 0.717) is 0 Å². The number of carbonyl (C=O) groups excluding carboxylic acids is 1. The number of H-pyrrole nitrogens is 1. The van der Waals surface area contributed by atoms with Crippen LogP contribution >= 0.6 is 0 Å². The predicted molar refractivity (Wildman–Crippen MR) is 70.7 cm³/mol. The predicted octanol–water partition coefficient (Wildman–Crippen LogP) is 3.39. The zero-order valence-electron chi connectivity index (χ0n) is 10.6. The molecule has 4 nitrogen and oxygen atoms in total. The van der Waals surface area contributed by atoms with E-state index in [1.54, 1.807) is 0 Å². The van der Waals surface area contributed by atoms with Crippen LogP contribution in [0.5, 0.6) is 0 Å². The first kappa shape index (κ1) is 14.7. The summed E-state index contributed by atoms with van der Waals surface area (Å²) in [5.41, 5.74) is 0.447. The van der Waals surface area contributed by atoms with Crippen molar-refractivity contribution in [2.75, 3.05) is 0 Å². The standard InChI is InChI=1S/C9H7N.C5H3F3N2O/c1-2-6-9-8(4-1)5-3-7-10-9;6-5(7,8)4(11)3-1-2-9-10-3/h1-7H;1-2H,(H,9,10). The second-order valence-electron chi connectivity index (χ2n) is 3.98. The van der Waals surface area contributed by atoms with Gasteiger partial charge >= 0.3 is 6.18 Å². The van der Waals surface area contributed by atoms with Crippen LogP contribution in [-0.2, 0) is 0 Å². The van der Waals surface area contributed by atoms with E-state index in [1.807, 2.05) is 30.5 Å². The lowest BCUT2D eigenvalue weighted by atomic mass is 10.2. The lowest BCUT2D eigenvalue weighted by molar-refractivity contribution is -0.0888. The number of para-hydroxylation sites is 1. The molecule has 7 heteroatoms. The van der Waals surface area contributed by atoms with E-state index in [2.05, 4.69) is 27.3 Å². The number of carbonyl (C=O) groups is 1. The van der Waals surface area contributed by atoms with Gasteiger partial charge in [-0.25, -0.2) is 0 Å². The molecule has 0 aliphatic heterocycles. The van der Waals surface area contributed by atoms with Crippen molar-refractivity contribution in [1.82, 2.24) is 15.2 Å². The summed E-state index contributed by atoms with van der Waals surface area (Å²) in [6, 6.07) is 13.1. The quantitative estimate of drug-likeness (QED) is 0.700. The monoisotopic (exact) mass is 293 g/mol. The molecule has 0 radical (unpaired) electrons. The molecule has 0 spiro atoms. The fraction of sp³-hybridized carbons (Fsp3) is 0.0714. The van der Waals surface area contributed by atoms with Crippen molar-refractivity contribution in [1.29, 1.82) is 0 Å². The van der Waals surface area contributed by atoms with E-state index in [9.17, 15) is 18.0 Å². The molecule has 3 aromatic rings. The molecule has 0 aliphatic rings. The molecule has 2 aromatic heterocycles. The van der Waals surface area contributed by atoms with Crippen LogP contribution in [0.3, 0.4) is 0 Å². The molecule has 2 heterocycles. The average Bonchev–Trinajstić information content (AvgIpc) is 3.00. The van der Waals surface area contributed by atoms with Crippen LogP contribution in [0.1, 0.15) is 10.5 Å². The fourth-order valence-corrected chi connectivity index (χ4v) is 1.55. The molecule has 0 atom stereocenters. The highest BCUT2D eigenvalue weighted by Crippen LogP contribution is 2.19. The number of pyridine rings is 1. The van der Waals surface area contributed by atoms with Gasteiger partial charge in [-0.1, -0.05) is 24.3 Å². The summed E-state index contributed by atoms with van der Waals surface area (Å²) in [5.74, 6) is -1.93.